The van der Waals surface area contributed by atoms with E-state index in [1.807, 2.05) is 35.7 Å². The van der Waals surface area contributed by atoms with Crippen LogP contribution in [0.1, 0.15) is 39.0 Å². The highest BCUT2D eigenvalue weighted by atomic mass is 35.5. The normalized spacial score (nSPS) is 25.4. The van der Waals surface area contributed by atoms with Crippen LogP contribution in [0.2, 0.25) is 10.0 Å². The molecule has 1 saturated carbocycles. The minimum absolute atomic E-state index is 0.0163. The van der Waals surface area contributed by atoms with Crippen molar-refractivity contribution in [1.82, 2.24) is 0 Å². The maximum Gasteiger partial charge on any atom is 0.241 e. The first-order valence-electron chi connectivity index (χ1n) is 7.00. The van der Waals surface area contributed by atoms with Crippen molar-refractivity contribution in [2.24, 2.45) is 0 Å². The minimum Gasteiger partial charge on any atom is -0.296 e. The molecule has 1 spiro atoms. The summed E-state index contributed by atoms with van der Waals surface area (Å²) in [6, 6.07) is 5.49. The zero-order valence-electron chi connectivity index (χ0n) is 11.4. The number of hydrogen-bond donors (Lipinski definition) is 0. The Hall–Kier alpha value is -0.380. The van der Waals surface area contributed by atoms with Gasteiger partial charge in [-0.15, -0.1) is 11.8 Å². The Kier molecular flexibility index (Phi) is 3.95. The lowest BCUT2D eigenvalue weighted by Crippen LogP contribution is -2.46. The molecule has 2 nitrogen and oxygen atoms in total. The van der Waals surface area contributed by atoms with Crippen LogP contribution < -0.4 is 4.90 Å². The third-order valence-electron chi connectivity index (χ3n) is 4.17. The molecule has 5 heteroatoms. The number of nitrogens with zero attached hydrogens (tertiary/aromatic N) is 1. The maximum absolute atomic E-state index is 12.6. The van der Waals surface area contributed by atoms with Gasteiger partial charge in [0.25, 0.3) is 0 Å². The van der Waals surface area contributed by atoms with Crippen LogP contribution >= 0.6 is 35.0 Å². The molecule has 2 aliphatic rings. The molecule has 1 heterocycles. The zero-order valence-corrected chi connectivity index (χ0v) is 13.7. The van der Waals surface area contributed by atoms with Crippen LogP contribution in [0.25, 0.3) is 0 Å². The molecule has 2 fully saturated rings. The Balaban J connectivity index is 2.03. The highest BCUT2D eigenvalue weighted by Crippen LogP contribution is 2.52. The number of carbonyl (C=O) groups is 1. The number of rotatable bonds is 1. The van der Waals surface area contributed by atoms with Crippen LogP contribution in [-0.4, -0.2) is 16.0 Å². The second-order valence-corrected chi connectivity index (χ2v) is 8.06. The van der Waals surface area contributed by atoms with Crippen molar-refractivity contribution >= 4 is 46.6 Å². The maximum atomic E-state index is 12.6. The van der Waals surface area contributed by atoms with E-state index in [-0.39, 0.29) is 16.0 Å². The third kappa shape index (κ3) is 2.34. The molecule has 1 aliphatic carbocycles. The van der Waals surface area contributed by atoms with Crippen molar-refractivity contribution in [3.8, 4) is 0 Å². The van der Waals surface area contributed by atoms with Crippen molar-refractivity contribution in [3.63, 3.8) is 0 Å². The molecule has 1 aliphatic heterocycles. The van der Waals surface area contributed by atoms with Crippen molar-refractivity contribution < 1.29 is 4.79 Å². The molecule has 20 heavy (non-hydrogen) atoms. The van der Waals surface area contributed by atoms with E-state index in [2.05, 4.69) is 0 Å². The number of halogens is 2. The van der Waals surface area contributed by atoms with Gasteiger partial charge in [0, 0.05) is 5.69 Å². The predicted molar refractivity (Wildman–Crippen MR) is 86.8 cm³/mol. The second-order valence-electron chi connectivity index (χ2n) is 5.54. The van der Waals surface area contributed by atoms with Gasteiger partial charge in [0.2, 0.25) is 5.91 Å². The van der Waals surface area contributed by atoms with E-state index >= 15 is 0 Å². The summed E-state index contributed by atoms with van der Waals surface area (Å²) in [5, 5.41) is 1.05. The van der Waals surface area contributed by atoms with E-state index in [1.54, 1.807) is 6.07 Å². The van der Waals surface area contributed by atoms with Gasteiger partial charge >= 0.3 is 0 Å². The zero-order chi connectivity index (χ0) is 14.3. The van der Waals surface area contributed by atoms with Crippen molar-refractivity contribution in [2.75, 3.05) is 4.90 Å². The second kappa shape index (κ2) is 5.43. The standard InChI is InChI=1S/C15H17Cl2NOS/c1-10-14(19)18(11-5-6-12(16)13(17)9-11)15(20-10)7-3-2-4-8-15/h5-6,9-10H,2-4,7-8H2,1H3. The summed E-state index contributed by atoms with van der Waals surface area (Å²) in [5.41, 5.74) is 0.878. The third-order valence-corrected chi connectivity index (χ3v) is 6.49. The van der Waals surface area contributed by atoms with Crippen molar-refractivity contribution in [2.45, 2.75) is 49.1 Å². The number of amides is 1. The average molecular weight is 330 g/mol. The molecule has 108 valence electrons. The smallest absolute Gasteiger partial charge is 0.241 e. The fraction of sp³-hybridized carbons (Fsp3) is 0.533. The minimum atomic E-state index is -0.0775. The lowest BCUT2D eigenvalue weighted by Gasteiger charge is -2.40. The Labute approximate surface area is 133 Å². The van der Waals surface area contributed by atoms with Crippen LogP contribution in [-0.2, 0) is 4.79 Å². The molecule has 0 radical (unpaired) electrons. The first-order chi connectivity index (χ1) is 9.53. The van der Waals surface area contributed by atoms with Gasteiger partial charge in [0.15, 0.2) is 0 Å². The van der Waals surface area contributed by atoms with Crippen molar-refractivity contribution in [1.29, 1.82) is 0 Å². The molecule has 0 aromatic heterocycles. The number of hydrogen-bond acceptors (Lipinski definition) is 2. The molecule has 0 N–H and O–H groups in total. The quantitative estimate of drug-likeness (QED) is 0.712. The molecule has 1 aromatic carbocycles. The molecule has 1 aromatic rings. The topological polar surface area (TPSA) is 20.3 Å². The summed E-state index contributed by atoms with van der Waals surface area (Å²) in [7, 11) is 0. The first kappa shape index (κ1) is 14.6. The largest absolute Gasteiger partial charge is 0.296 e. The predicted octanol–water partition coefficient (Wildman–Crippen LogP) is 5.12. The van der Waals surface area contributed by atoms with Gasteiger partial charge in [0.05, 0.1) is 20.2 Å². The van der Waals surface area contributed by atoms with Crippen LogP contribution in [0, 0.1) is 0 Å². The van der Waals surface area contributed by atoms with E-state index in [0.717, 1.165) is 18.5 Å². The summed E-state index contributed by atoms with van der Waals surface area (Å²) >= 11 is 13.9. The Bertz CT molecular complexity index is 543. The van der Waals surface area contributed by atoms with E-state index in [0.29, 0.717) is 10.0 Å². The molecule has 0 bridgehead atoms. The van der Waals surface area contributed by atoms with Crippen LogP contribution in [0.4, 0.5) is 5.69 Å². The monoisotopic (exact) mass is 329 g/mol. The molecule has 1 atom stereocenters. The van der Waals surface area contributed by atoms with Crippen LogP contribution in [0.15, 0.2) is 18.2 Å². The molecule has 1 amide bonds. The number of thioether (sulfide) groups is 1. The summed E-state index contributed by atoms with van der Waals surface area (Å²) in [6.45, 7) is 2.00. The fourth-order valence-corrected chi connectivity index (χ4v) is 5.23. The fourth-order valence-electron chi connectivity index (χ4n) is 3.25. The first-order valence-corrected chi connectivity index (χ1v) is 8.64. The Morgan fingerprint density at radius 1 is 1.20 bits per heavy atom. The summed E-state index contributed by atoms with van der Waals surface area (Å²) in [6.07, 6.45) is 5.76. The van der Waals surface area contributed by atoms with Gasteiger partial charge < -0.3 is 0 Å². The summed E-state index contributed by atoms with van der Waals surface area (Å²) < 4.78 is 0. The molecular weight excluding hydrogens is 313 g/mol. The number of carbonyl (C=O) groups excluding carboxylic acids is 1. The highest BCUT2D eigenvalue weighted by molar-refractivity contribution is 8.02. The molecule has 1 saturated heterocycles. The summed E-state index contributed by atoms with van der Waals surface area (Å²) in [5.74, 6) is 0.190. The molecule has 3 rings (SSSR count). The van der Waals surface area contributed by atoms with E-state index in [1.165, 1.54) is 19.3 Å². The summed E-state index contributed by atoms with van der Waals surface area (Å²) in [4.78, 5) is 14.5. The Morgan fingerprint density at radius 2 is 1.90 bits per heavy atom. The van der Waals surface area contributed by atoms with E-state index < -0.39 is 0 Å². The Morgan fingerprint density at radius 3 is 2.55 bits per heavy atom. The van der Waals surface area contributed by atoms with E-state index in [4.69, 9.17) is 23.2 Å². The van der Waals surface area contributed by atoms with Crippen LogP contribution in [0.5, 0.6) is 0 Å². The average Bonchev–Trinajstić information content (AvgIpc) is 2.66. The highest BCUT2D eigenvalue weighted by Gasteiger charge is 2.50. The van der Waals surface area contributed by atoms with Gasteiger partial charge in [-0.25, -0.2) is 0 Å². The van der Waals surface area contributed by atoms with Gasteiger partial charge in [-0.1, -0.05) is 42.5 Å². The van der Waals surface area contributed by atoms with Crippen LogP contribution in [0.3, 0.4) is 0 Å². The van der Waals surface area contributed by atoms with E-state index in [9.17, 15) is 4.79 Å². The van der Waals surface area contributed by atoms with Gasteiger partial charge in [0.1, 0.15) is 0 Å². The van der Waals surface area contributed by atoms with Gasteiger partial charge in [-0.05, 0) is 38.0 Å². The SMILES string of the molecule is CC1SC2(CCCCC2)N(c2ccc(Cl)c(Cl)c2)C1=O. The lowest BCUT2D eigenvalue weighted by atomic mass is 9.93. The number of benzene rings is 1. The molecular formula is C15H17Cl2NOS. The lowest BCUT2D eigenvalue weighted by molar-refractivity contribution is -0.117. The van der Waals surface area contributed by atoms with Crippen molar-refractivity contribution in [3.05, 3.63) is 28.2 Å². The van der Waals surface area contributed by atoms with Gasteiger partial charge in [-0.3, -0.25) is 9.69 Å². The van der Waals surface area contributed by atoms with Gasteiger partial charge in [-0.2, -0.15) is 0 Å². The molecule has 1 unspecified atom stereocenters. The number of anilines is 1.